The molecule has 1 aliphatic heterocycles. The Morgan fingerprint density at radius 2 is 2.24 bits per heavy atom. The van der Waals surface area contributed by atoms with Crippen LogP contribution < -0.4 is 5.32 Å². The number of likely N-dealkylation sites (tertiary alicyclic amines) is 1. The van der Waals surface area contributed by atoms with E-state index in [1.165, 1.54) is 16.9 Å². The summed E-state index contributed by atoms with van der Waals surface area (Å²) in [5, 5.41) is 12.4. The summed E-state index contributed by atoms with van der Waals surface area (Å²) in [4.78, 5) is 19.6. The Bertz CT molecular complexity index is 677. The smallest absolute Gasteiger partial charge is 0.323 e. The molecule has 0 aliphatic carbocycles. The van der Waals surface area contributed by atoms with Gasteiger partial charge in [-0.2, -0.15) is 0 Å². The van der Waals surface area contributed by atoms with Gasteiger partial charge in [0.15, 0.2) is 5.13 Å². The van der Waals surface area contributed by atoms with Crippen LogP contribution in [0.2, 0.25) is 0 Å². The normalized spacial score (nSPS) is 17.5. The number of carbonyl (C=O) groups excluding carboxylic acids is 1. The van der Waals surface area contributed by atoms with Gasteiger partial charge in [-0.05, 0) is 18.4 Å². The minimum Gasteiger partial charge on any atom is -0.394 e. The molecule has 3 rings (SSSR count). The summed E-state index contributed by atoms with van der Waals surface area (Å²) in [6.45, 7) is 1.59. The van der Waals surface area contributed by atoms with Crippen molar-refractivity contribution in [3.8, 4) is 0 Å². The van der Waals surface area contributed by atoms with Crippen LogP contribution in [0.15, 0.2) is 36.5 Å². The molecule has 1 atom stereocenters. The molecule has 134 valence electrons. The van der Waals surface area contributed by atoms with Gasteiger partial charge in [0.25, 0.3) is 0 Å². The lowest BCUT2D eigenvalue weighted by molar-refractivity contribution is -0.00462. The molecule has 1 unspecified atom stereocenters. The average Bonchev–Trinajstić information content (AvgIpc) is 3.08. The largest absolute Gasteiger partial charge is 0.394 e. The predicted molar refractivity (Wildman–Crippen MR) is 98.0 cm³/mol. The number of carbonyl (C=O) groups is 1. The first kappa shape index (κ1) is 17.8. The number of benzene rings is 1. The number of aliphatic hydroxyl groups excluding tert-OH is 1. The van der Waals surface area contributed by atoms with Crippen molar-refractivity contribution in [1.29, 1.82) is 0 Å². The quantitative estimate of drug-likeness (QED) is 0.830. The van der Waals surface area contributed by atoms with Crippen LogP contribution in [0.1, 0.15) is 23.3 Å². The van der Waals surface area contributed by atoms with Crippen LogP contribution in [0, 0.1) is 0 Å². The number of hydrogen-bond donors (Lipinski definition) is 2. The summed E-state index contributed by atoms with van der Waals surface area (Å²) in [7, 11) is 0. The van der Waals surface area contributed by atoms with E-state index in [9.17, 15) is 4.79 Å². The van der Waals surface area contributed by atoms with Crippen molar-refractivity contribution in [3.05, 3.63) is 47.0 Å². The Hall–Kier alpha value is -1.96. The Balaban J connectivity index is 1.52. The fourth-order valence-corrected chi connectivity index (χ4v) is 3.73. The van der Waals surface area contributed by atoms with Crippen LogP contribution in [-0.4, -0.2) is 53.4 Å². The minimum absolute atomic E-state index is 0.00316. The maximum atomic E-state index is 12.4. The number of hydrogen-bond acceptors (Lipinski definition) is 5. The molecule has 1 aromatic heterocycles. The standard InChI is InChI=1S/C18H23N3O3S/c22-9-10-24-15-7-4-8-21(13-15)18(23)20-17-19-12-16(25-17)11-14-5-2-1-3-6-14/h1-3,5-6,12,15,22H,4,7-11,13H2,(H,19,20,23). The highest BCUT2D eigenvalue weighted by Crippen LogP contribution is 2.22. The van der Waals surface area contributed by atoms with Crippen molar-refractivity contribution in [2.45, 2.75) is 25.4 Å². The fraction of sp³-hybridized carbons (Fsp3) is 0.444. The summed E-state index contributed by atoms with van der Waals surface area (Å²) < 4.78 is 5.55. The van der Waals surface area contributed by atoms with Crippen LogP contribution in [0.25, 0.3) is 0 Å². The lowest BCUT2D eigenvalue weighted by Gasteiger charge is -2.32. The zero-order valence-electron chi connectivity index (χ0n) is 14.1. The first-order chi connectivity index (χ1) is 12.2. The van der Waals surface area contributed by atoms with Crippen LogP contribution >= 0.6 is 11.3 Å². The predicted octanol–water partition coefficient (Wildman–Crippen LogP) is 2.74. The number of amides is 2. The SMILES string of the molecule is O=C(Nc1ncc(Cc2ccccc2)s1)N1CCCC(OCCO)C1. The summed E-state index contributed by atoms with van der Waals surface area (Å²) in [5.41, 5.74) is 1.23. The monoisotopic (exact) mass is 361 g/mol. The molecule has 25 heavy (non-hydrogen) atoms. The van der Waals surface area contributed by atoms with Gasteiger partial charge in [0.2, 0.25) is 0 Å². The molecule has 2 heterocycles. The van der Waals surface area contributed by atoms with Crippen molar-refractivity contribution >= 4 is 22.5 Å². The van der Waals surface area contributed by atoms with Gasteiger partial charge in [0.1, 0.15) is 0 Å². The number of anilines is 1. The van der Waals surface area contributed by atoms with Gasteiger partial charge in [-0.3, -0.25) is 5.32 Å². The fourth-order valence-electron chi connectivity index (χ4n) is 2.89. The molecule has 1 aromatic carbocycles. The number of thiazole rings is 1. The van der Waals surface area contributed by atoms with Gasteiger partial charge >= 0.3 is 6.03 Å². The highest BCUT2D eigenvalue weighted by Gasteiger charge is 2.24. The molecule has 0 spiro atoms. The van der Waals surface area contributed by atoms with E-state index in [4.69, 9.17) is 9.84 Å². The zero-order chi connectivity index (χ0) is 17.5. The van der Waals surface area contributed by atoms with Crippen LogP contribution in [-0.2, 0) is 11.2 Å². The Morgan fingerprint density at radius 3 is 3.04 bits per heavy atom. The molecule has 2 amide bonds. The van der Waals surface area contributed by atoms with Gasteiger partial charge in [-0.15, -0.1) is 11.3 Å². The maximum absolute atomic E-state index is 12.4. The Morgan fingerprint density at radius 1 is 1.40 bits per heavy atom. The molecular weight excluding hydrogens is 338 g/mol. The number of urea groups is 1. The van der Waals surface area contributed by atoms with Crippen molar-refractivity contribution in [2.24, 2.45) is 0 Å². The minimum atomic E-state index is -0.141. The second kappa shape index (κ2) is 8.94. The number of rotatable bonds is 6. The van der Waals surface area contributed by atoms with Gasteiger partial charge < -0.3 is 14.7 Å². The Kier molecular flexibility index (Phi) is 6.38. The van der Waals surface area contributed by atoms with Gasteiger partial charge in [-0.25, -0.2) is 9.78 Å². The third-order valence-electron chi connectivity index (χ3n) is 4.10. The van der Waals surface area contributed by atoms with Crippen molar-refractivity contribution < 1.29 is 14.6 Å². The van der Waals surface area contributed by atoms with E-state index in [0.717, 1.165) is 24.1 Å². The second-order valence-corrected chi connectivity index (χ2v) is 7.14. The van der Waals surface area contributed by atoms with E-state index >= 15 is 0 Å². The lowest BCUT2D eigenvalue weighted by Crippen LogP contribution is -2.45. The van der Waals surface area contributed by atoms with E-state index in [0.29, 0.717) is 24.8 Å². The molecule has 0 bridgehead atoms. The molecular formula is C18H23N3O3S. The number of aromatic nitrogens is 1. The molecule has 7 heteroatoms. The van der Waals surface area contributed by atoms with E-state index in [2.05, 4.69) is 22.4 Å². The highest BCUT2D eigenvalue weighted by atomic mass is 32.1. The number of aliphatic hydroxyl groups is 1. The van der Waals surface area contributed by atoms with E-state index in [1.54, 1.807) is 4.90 Å². The number of piperidine rings is 1. The topological polar surface area (TPSA) is 74.7 Å². The highest BCUT2D eigenvalue weighted by molar-refractivity contribution is 7.15. The van der Waals surface area contributed by atoms with Gasteiger partial charge in [-0.1, -0.05) is 30.3 Å². The van der Waals surface area contributed by atoms with Crippen LogP contribution in [0.5, 0.6) is 0 Å². The molecule has 0 radical (unpaired) electrons. The van der Waals surface area contributed by atoms with Crippen molar-refractivity contribution in [2.75, 3.05) is 31.6 Å². The zero-order valence-corrected chi connectivity index (χ0v) is 14.9. The second-order valence-electron chi connectivity index (χ2n) is 6.03. The molecule has 0 saturated carbocycles. The van der Waals surface area contributed by atoms with E-state index in [-0.39, 0.29) is 18.7 Å². The average molecular weight is 361 g/mol. The number of ether oxygens (including phenoxy) is 1. The van der Waals surface area contributed by atoms with E-state index < -0.39 is 0 Å². The van der Waals surface area contributed by atoms with Crippen molar-refractivity contribution in [3.63, 3.8) is 0 Å². The molecule has 2 N–H and O–H groups in total. The first-order valence-corrected chi connectivity index (χ1v) is 9.33. The molecule has 1 aliphatic rings. The van der Waals surface area contributed by atoms with Gasteiger partial charge in [0, 0.05) is 30.6 Å². The molecule has 6 nitrogen and oxygen atoms in total. The Labute approximate surface area is 151 Å². The van der Waals surface area contributed by atoms with Crippen LogP contribution in [0.4, 0.5) is 9.93 Å². The van der Waals surface area contributed by atoms with E-state index in [1.807, 2.05) is 24.4 Å². The first-order valence-electron chi connectivity index (χ1n) is 8.51. The summed E-state index contributed by atoms with van der Waals surface area (Å²) in [6, 6.07) is 10.1. The third-order valence-corrected chi connectivity index (χ3v) is 5.01. The number of nitrogens with zero attached hydrogens (tertiary/aromatic N) is 2. The molecule has 1 fully saturated rings. The van der Waals surface area contributed by atoms with Gasteiger partial charge in [0.05, 0.1) is 19.3 Å². The summed E-state index contributed by atoms with van der Waals surface area (Å²) in [6.07, 6.45) is 4.45. The van der Waals surface area contributed by atoms with Crippen molar-refractivity contribution in [1.82, 2.24) is 9.88 Å². The lowest BCUT2D eigenvalue weighted by atomic mass is 10.1. The summed E-state index contributed by atoms with van der Waals surface area (Å²) in [5.74, 6) is 0. The number of nitrogens with one attached hydrogen (secondary N) is 1. The van der Waals surface area contributed by atoms with Crippen LogP contribution in [0.3, 0.4) is 0 Å². The molecule has 2 aromatic rings. The third kappa shape index (κ3) is 5.26. The summed E-state index contributed by atoms with van der Waals surface area (Å²) >= 11 is 1.50. The maximum Gasteiger partial charge on any atom is 0.323 e. The molecule has 1 saturated heterocycles.